The summed E-state index contributed by atoms with van der Waals surface area (Å²) in [6.45, 7) is 4.56. The molecule has 1 aromatic carbocycles. The van der Waals surface area contributed by atoms with Crippen molar-refractivity contribution in [1.29, 1.82) is 0 Å². The molecule has 0 N–H and O–H groups in total. The van der Waals surface area contributed by atoms with E-state index in [1.54, 1.807) is 0 Å². The maximum atomic E-state index is 5.54. The first-order valence-corrected chi connectivity index (χ1v) is 7.20. The largest absolute Gasteiger partial charge is 0.424 e. The van der Waals surface area contributed by atoms with Crippen molar-refractivity contribution < 1.29 is 9.16 Å². The normalized spacial score (nSPS) is 11.3. The lowest BCUT2D eigenvalue weighted by molar-refractivity contribution is 0.108. The van der Waals surface area contributed by atoms with Gasteiger partial charge in [-0.3, -0.25) is 0 Å². The first kappa shape index (κ1) is 12.4. The number of hydrogen-bond donors (Lipinski definition) is 0. The average Bonchev–Trinajstić information content (AvgIpc) is 2.29. The van der Waals surface area contributed by atoms with Crippen molar-refractivity contribution >= 4 is 9.76 Å². The summed E-state index contributed by atoms with van der Waals surface area (Å²) < 4.78 is 11.0. The molecule has 0 radical (unpaired) electrons. The molecule has 1 rings (SSSR count). The van der Waals surface area contributed by atoms with Crippen LogP contribution in [0.1, 0.15) is 18.9 Å². The highest BCUT2D eigenvalue weighted by atomic mass is 28.2. The minimum Gasteiger partial charge on any atom is -0.424 e. The van der Waals surface area contributed by atoms with E-state index in [4.69, 9.17) is 9.16 Å². The van der Waals surface area contributed by atoms with Gasteiger partial charge in [0.2, 0.25) is 0 Å². The van der Waals surface area contributed by atoms with Crippen LogP contribution < -0.4 is 0 Å². The molecular weight excluding hydrogens is 204 g/mol. The zero-order valence-corrected chi connectivity index (χ0v) is 10.9. The SMILES string of the molecule is CC[SiH2]OCCCOCc1ccccc1. The number of benzene rings is 1. The van der Waals surface area contributed by atoms with Crippen LogP contribution in [-0.2, 0) is 15.8 Å². The van der Waals surface area contributed by atoms with Gasteiger partial charge >= 0.3 is 0 Å². The van der Waals surface area contributed by atoms with Gasteiger partial charge in [-0.1, -0.05) is 37.3 Å². The summed E-state index contributed by atoms with van der Waals surface area (Å²) in [5.74, 6) is 0. The van der Waals surface area contributed by atoms with Crippen LogP contribution in [0, 0.1) is 0 Å². The van der Waals surface area contributed by atoms with Crippen LogP contribution in [0.15, 0.2) is 30.3 Å². The molecule has 0 saturated heterocycles. The molecule has 15 heavy (non-hydrogen) atoms. The van der Waals surface area contributed by atoms with Crippen LogP contribution in [0.2, 0.25) is 6.04 Å². The topological polar surface area (TPSA) is 18.5 Å². The molecule has 0 amide bonds. The van der Waals surface area contributed by atoms with Crippen LogP contribution in [0.25, 0.3) is 0 Å². The lowest BCUT2D eigenvalue weighted by Gasteiger charge is -2.04. The second-order valence-corrected chi connectivity index (χ2v) is 5.32. The van der Waals surface area contributed by atoms with E-state index < -0.39 is 0 Å². The molecule has 0 unspecified atom stereocenters. The Labute approximate surface area is 94.5 Å². The predicted molar refractivity (Wildman–Crippen MR) is 65.7 cm³/mol. The van der Waals surface area contributed by atoms with Crippen molar-refractivity contribution in [1.82, 2.24) is 0 Å². The first-order valence-electron chi connectivity index (χ1n) is 5.63. The van der Waals surface area contributed by atoms with E-state index in [0.717, 1.165) is 19.6 Å². The molecule has 0 saturated carbocycles. The molecule has 0 heterocycles. The molecule has 0 fully saturated rings. The second kappa shape index (κ2) is 8.65. The summed E-state index contributed by atoms with van der Waals surface area (Å²) in [6.07, 6.45) is 1.01. The molecule has 1 aromatic rings. The van der Waals surface area contributed by atoms with E-state index in [1.165, 1.54) is 11.6 Å². The van der Waals surface area contributed by atoms with Crippen LogP contribution in [0.5, 0.6) is 0 Å². The third-order valence-corrected chi connectivity index (χ3v) is 3.02. The summed E-state index contributed by atoms with van der Waals surface area (Å²) in [4.78, 5) is 0. The van der Waals surface area contributed by atoms with E-state index in [2.05, 4.69) is 19.1 Å². The van der Waals surface area contributed by atoms with Crippen molar-refractivity contribution in [2.75, 3.05) is 13.2 Å². The smallest absolute Gasteiger partial charge is 0.161 e. The van der Waals surface area contributed by atoms with Gasteiger partial charge in [-0.05, 0) is 18.0 Å². The Balaban J connectivity index is 1.93. The lowest BCUT2D eigenvalue weighted by Crippen LogP contribution is -2.03. The Morgan fingerprint density at radius 1 is 1.13 bits per heavy atom. The molecule has 0 spiro atoms. The van der Waals surface area contributed by atoms with Crippen molar-refractivity contribution in [3.8, 4) is 0 Å². The second-order valence-electron chi connectivity index (χ2n) is 3.50. The van der Waals surface area contributed by atoms with E-state index >= 15 is 0 Å². The van der Waals surface area contributed by atoms with Gasteiger partial charge in [0.25, 0.3) is 0 Å². The first-order chi connectivity index (χ1) is 7.43. The van der Waals surface area contributed by atoms with Crippen molar-refractivity contribution in [2.45, 2.75) is 26.0 Å². The molecule has 0 aliphatic carbocycles. The molecule has 0 aliphatic rings. The Morgan fingerprint density at radius 3 is 2.67 bits per heavy atom. The van der Waals surface area contributed by atoms with Gasteiger partial charge in [0.1, 0.15) is 0 Å². The van der Waals surface area contributed by atoms with Gasteiger partial charge in [-0.2, -0.15) is 0 Å². The van der Waals surface area contributed by atoms with Gasteiger partial charge in [0, 0.05) is 13.2 Å². The molecule has 84 valence electrons. The molecule has 0 aliphatic heterocycles. The Kier molecular flexibility index (Phi) is 7.16. The molecule has 3 heteroatoms. The van der Waals surface area contributed by atoms with Crippen LogP contribution in [-0.4, -0.2) is 23.0 Å². The zero-order valence-electron chi connectivity index (χ0n) is 9.45. The number of rotatable bonds is 8. The van der Waals surface area contributed by atoms with Crippen molar-refractivity contribution in [3.05, 3.63) is 35.9 Å². The summed E-state index contributed by atoms with van der Waals surface area (Å²) in [7, 11) is -0.219. The molecule has 0 bridgehead atoms. The Bertz CT molecular complexity index is 239. The lowest BCUT2D eigenvalue weighted by atomic mass is 10.2. The maximum Gasteiger partial charge on any atom is 0.161 e. The maximum absolute atomic E-state index is 5.54. The van der Waals surface area contributed by atoms with Crippen LogP contribution in [0.4, 0.5) is 0 Å². The summed E-state index contributed by atoms with van der Waals surface area (Å²) in [5.41, 5.74) is 1.24. The van der Waals surface area contributed by atoms with Gasteiger partial charge in [0.15, 0.2) is 9.76 Å². The van der Waals surface area contributed by atoms with Gasteiger partial charge in [0.05, 0.1) is 6.61 Å². The number of hydrogen-bond acceptors (Lipinski definition) is 2. The van der Waals surface area contributed by atoms with E-state index in [0.29, 0.717) is 6.61 Å². The highest BCUT2D eigenvalue weighted by Gasteiger charge is 1.92. The van der Waals surface area contributed by atoms with Crippen molar-refractivity contribution in [2.24, 2.45) is 0 Å². The standard InChI is InChI=1S/C12H20O2Si/c1-2-15-14-10-6-9-13-11-12-7-4-3-5-8-12/h3-5,7-8H,2,6,9-11,15H2,1H3. The quantitative estimate of drug-likeness (QED) is 0.497. The molecular formula is C12H20O2Si. The number of ether oxygens (including phenoxy) is 1. The van der Waals surface area contributed by atoms with Gasteiger partial charge in [-0.25, -0.2) is 0 Å². The Morgan fingerprint density at radius 2 is 1.93 bits per heavy atom. The fourth-order valence-corrected chi connectivity index (χ4v) is 1.97. The average molecular weight is 224 g/mol. The van der Waals surface area contributed by atoms with Crippen molar-refractivity contribution in [3.63, 3.8) is 0 Å². The van der Waals surface area contributed by atoms with E-state index in [-0.39, 0.29) is 9.76 Å². The molecule has 0 atom stereocenters. The third kappa shape index (κ3) is 6.44. The zero-order chi connectivity index (χ0) is 10.8. The highest BCUT2D eigenvalue weighted by Crippen LogP contribution is 2.00. The summed E-state index contributed by atoms with van der Waals surface area (Å²) in [5, 5.41) is 0. The minimum absolute atomic E-state index is 0.219. The van der Waals surface area contributed by atoms with Crippen LogP contribution in [0.3, 0.4) is 0 Å². The monoisotopic (exact) mass is 224 g/mol. The predicted octanol–water partition coefficient (Wildman–Crippen LogP) is 2.13. The van der Waals surface area contributed by atoms with Gasteiger partial charge < -0.3 is 9.16 Å². The summed E-state index contributed by atoms with van der Waals surface area (Å²) in [6, 6.07) is 11.5. The van der Waals surface area contributed by atoms with E-state index in [1.807, 2.05) is 18.2 Å². The minimum atomic E-state index is -0.219. The molecule has 2 nitrogen and oxygen atoms in total. The van der Waals surface area contributed by atoms with Gasteiger partial charge in [-0.15, -0.1) is 0 Å². The van der Waals surface area contributed by atoms with E-state index in [9.17, 15) is 0 Å². The Hall–Kier alpha value is -0.643. The fraction of sp³-hybridized carbons (Fsp3) is 0.500. The van der Waals surface area contributed by atoms with Crippen LogP contribution >= 0.6 is 0 Å². The highest BCUT2D eigenvalue weighted by molar-refractivity contribution is 6.26. The fourth-order valence-electron chi connectivity index (χ4n) is 1.27. The molecule has 0 aromatic heterocycles. The third-order valence-electron chi connectivity index (χ3n) is 2.04. The summed E-state index contributed by atoms with van der Waals surface area (Å²) >= 11 is 0.